The number of rotatable bonds is 6. The molecule has 0 aliphatic rings. The lowest BCUT2D eigenvalue weighted by molar-refractivity contribution is 0.301. The van der Waals surface area contributed by atoms with Crippen LogP contribution in [0.25, 0.3) is 6.08 Å². The minimum Gasteiger partial charge on any atom is -0.309 e. The van der Waals surface area contributed by atoms with Crippen LogP contribution in [0, 0.1) is 5.92 Å². The van der Waals surface area contributed by atoms with Crippen molar-refractivity contribution in [3.8, 4) is 0 Å². The van der Waals surface area contributed by atoms with Crippen molar-refractivity contribution in [2.24, 2.45) is 5.92 Å². The van der Waals surface area contributed by atoms with Crippen LogP contribution in [0.3, 0.4) is 0 Å². The number of hydrogen-bond acceptors (Lipinski definition) is 1. The summed E-state index contributed by atoms with van der Waals surface area (Å²) in [7, 11) is 4.28. The summed E-state index contributed by atoms with van der Waals surface area (Å²) in [6, 6.07) is 8.76. The van der Waals surface area contributed by atoms with Crippen molar-refractivity contribution in [3.05, 3.63) is 42.0 Å². The molecule has 0 aliphatic carbocycles. The van der Waals surface area contributed by atoms with E-state index in [0.29, 0.717) is 11.8 Å². The van der Waals surface area contributed by atoms with Crippen molar-refractivity contribution >= 4 is 6.08 Å². The summed E-state index contributed by atoms with van der Waals surface area (Å²) < 4.78 is 0. The normalized spacial score (nSPS) is 14.6. The van der Waals surface area contributed by atoms with Gasteiger partial charge in [0.2, 0.25) is 0 Å². The third-order valence-electron chi connectivity index (χ3n) is 3.35. The van der Waals surface area contributed by atoms with E-state index >= 15 is 0 Å². The molecule has 1 aromatic carbocycles. The second kappa shape index (κ2) is 6.61. The summed E-state index contributed by atoms with van der Waals surface area (Å²) >= 11 is 0. The zero-order chi connectivity index (χ0) is 12.8. The largest absolute Gasteiger partial charge is 0.309 e. The molecule has 1 heteroatoms. The van der Waals surface area contributed by atoms with Crippen LogP contribution in [0.2, 0.25) is 0 Å². The third-order valence-corrected chi connectivity index (χ3v) is 3.35. The van der Waals surface area contributed by atoms with E-state index in [4.69, 9.17) is 0 Å². The predicted molar refractivity (Wildman–Crippen MR) is 77.3 cm³/mol. The summed E-state index contributed by atoms with van der Waals surface area (Å²) in [5.74, 6) is 1.31. The highest BCUT2D eigenvalue weighted by Crippen LogP contribution is 2.29. The van der Waals surface area contributed by atoms with E-state index in [2.05, 4.69) is 63.7 Å². The van der Waals surface area contributed by atoms with Crippen LogP contribution in [0.5, 0.6) is 0 Å². The minimum atomic E-state index is 0.636. The van der Waals surface area contributed by atoms with E-state index in [0.717, 1.165) is 6.54 Å². The zero-order valence-electron chi connectivity index (χ0n) is 11.6. The highest BCUT2D eigenvalue weighted by atomic mass is 15.1. The molecule has 0 aromatic heterocycles. The summed E-state index contributed by atoms with van der Waals surface area (Å²) in [5, 5.41) is 0. The lowest BCUT2D eigenvalue weighted by Gasteiger charge is -2.26. The highest BCUT2D eigenvalue weighted by molar-refractivity contribution is 5.48. The first-order valence-electron chi connectivity index (χ1n) is 6.45. The molecule has 0 N–H and O–H groups in total. The average Bonchev–Trinajstić information content (AvgIpc) is 2.29. The fraction of sp³-hybridized carbons (Fsp3) is 0.500. The summed E-state index contributed by atoms with van der Waals surface area (Å²) in [4.78, 5) is 2.27. The van der Waals surface area contributed by atoms with Crippen LogP contribution >= 0.6 is 0 Å². The second-order valence-corrected chi connectivity index (χ2v) is 5.13. The molecule has 0 unspecified atom stereocenters. The maximum Gasteiger partial charge on any atom is 0.000676 e. The number of hydrogen-bond donors (Lipinski definition) is 0. The lowest BCUT2D eigenvalue weighted by atomic mass is 9.84. The molecule has 1 nitrogen and oxygen atoms in total. The maximum atomic E-state index is 3.84. The SMILES string of the molecule is C=Cc1cccc([C@@H](CC)[C@H](C)CN(C)C)c1. The van der Waals surface area contributed by atoms with E-state index in [-0.39, 0.29) is 0 Å². The Balaban J connectivity index is 2.88. The molecular weight excluding hydrogens is 206 g/mol. The highest BCUT2D eigenvalue weighted by Gasteiger charge is 2.18. The average molecular weight is 231 g/mol. The van der Waals surface area contributed by atoms with Gasteiger partial charge in [-0.15, -0.1) is 0 Å². The standard InChI is InChI=1S/C16H25N/c1-6-14-9-8-10-15(11-14)16(7-2)13(3)12-17(4)5/h6,8-11,13,16H,1,7,12H2,2-5H3/t13-,16+/m1/s1. The number of nitrogens with zero attached hydrogens (tertiary/aromatic N) is 1. The molecule has 0 bridgehead atoms. The van der Waals surface area contributed by atoms with Gasteiger partial charge in [0.25, 0.3) is 0 Å². The van der Waals surface area contributed by atoms with E-state index in [9.17, 15) is 0 Å². The number of benzene rings is 1. The monoisotopic (exact) mass is 231 g/mol. The Bertz CT molecular complexity index is 354. The summed E-state index contributed by atoms with van der Waals surface area (Å²) in [6.45, 7) is 9.60. The van der Waals surface area contributed by atoms with Crippen molar-refractivity contribution in [3.63, 3.8) is 0 Å². The molecule has 0 amide bonds. The Morgan fingerprint density at radius 1 is 1.35 bits per heavy atom. The summed E-state index contributed by atoms with van der Waals surface area (Å²) in [5.41, 5.74) is 2.66. The molecular formula is C16H25N. The van der Waals surface area contributed by atoms with Crippen LogP contribution in [0.15, 0.2) is 30.8 Å². The van der Waals surface area contributed by atoms with Gasteiger partial charge in [-0.2, -0.15) is 0 Å². The third kappa shape index (κ3) is 4.01. The van der Waals surface area contributed by atoms with Crippen molar-refractivity contribution < 1.29 is 0 Å². The van der Waals surface area contributed by atoms with Crippen molar-refractivity contribution in [1.82, 2.24) is 4.90 Å². The van der Waals surface area contributed by atoms with E-state index in [1.165, 1.54) is 17.5 Å². The molecule has 0 saturated carbocycles. The first-order valence-corrected chi connectivity index (χ1v) is 6.45. The molecule has 0 aliphatic heterocycles. The minimum absolute atomic E-state index is 0.636. The molecule has 2 atom stereocenters. The molecule has 0 saturated heterocycles. The van der Waals surface area contributed by atoms with Crippen LogP contribution in [-0.2, 0) is 0 Å². The fourth-order valence-electron chi connectivity index (χ4n) is 2.59. The van der Waals surface area contributed by atoms with Gasteiger partial charge in [-0.25, -0.2) is 0 Å². The van der Waals surface area contributed by atoms with Gasteiger partial charge in [0, 0.05) is 6.54 Å². The first-order chi connectivity index (χ1) is 8.08. The van der Waals surface area contributed by atoms with Gasteiger partial charge < -0.3 is 4.90 Å². The van der Waals surface area contributed by atoms with Gasteiger partial charge >= 0.3 is 0 Å². The van der Waals surface area contributed by atoms with Gasteiger partial charge in [0.1, 0.15) is 0 Å². The quantitative estimate of drug-likeness (QED) is 0.714. The Morgan fingerprint density at radius 2 is 2.06 bits per heavy atom. The van der Waals surface area contributed by atoms with Gasteiger partial charge in [-0.05, 0) is 43.5 Å². The zero-order valence-corrected chi connectivity index (χ0v) is 11.6. The molecule has 0 spiro atoms. The molecule has 0 fully saturated rings. The molecule has 0 heterocycles. The topological polar surface area (TPSA) is 3.24 Å². The van der Waals surface area contributed by atoms with Gasteiger partial charge in [0.05, 0.1) is 0 Å². The van der Waals surface area contributed by atoms with Crippen molar-refractivity contribution in [2.45, 2.75) is 26.2 Å². The Morgan fingerprint density at radius 3 is 2.59 bits per heavy atom. The molecule has 94 valence electrons. The summed E-state index contributed by atoms with van der Waals surface area (Å²) in [6.07, 6.45) is 3.11. The molecule has 1 rings (SSSR count). The Labute approximate surface area is 106 Å². The predicted octanol–water partition coefficient (Wildman–Crippen LogP) is 4.02. The Kier molecular flexibility index (Phi) is 5.43. The van der Waals surface area contributed by atoms with Crippen molar-refractivity contribution in [1.29, 1.82) is 0 Å². The van der Waals surface area contributed by atoms with Crippen LogP contribution in [-0.4, -0.2) is 25.5 Å². The smallest absolute Gasteiger partial charge is 0.000676 e. The van der Waals surface area contributed by atoms with Gasteiger partial charge in [-0.3, -0.25) is 0 Å². The van der Waals surface area contributed by atoms with E-state index in [1.807, 2.05) is 6.08 Å². The van der Waals surface area contributed by atoms with Crippen molar-refractivity contribution in [2.75, 3.05) is 20.6 Å². The van der Waals surface area contributed by atoms with Crippen LogP contribution in [0.1, 0.15) is 37.3 Å². The Hall–Kier alpha value is -1.08. The molecule has 0 radical (unpaired) electrons. The van der Waals surface area contributed by atoms with Gasteiger partial charge in [-0.1, -0.05) is 50.8 Å². The van der Waals surface area contributed by atoms with Crippen LogP contribution < -0.4 is 0 Å². The van der Waals surface area contributed by atoms with Gasteiger partial charge in [0.15, 0.2) is 0 Å². The lowest BCUT2D eigenvalue weighted by Crippen LogP contribution is -2.24. The van der Waals surface area contributed by atoms with E-state index in [1.54, 1.807) is 0 Å². The first kappa shape index (κ1) is 14.0. The van der Waals surface area contributed by atoms with Crippen LogP contribution in [0.4, 0.5) is 0 Å². The maximum absolute atomic E-state index is 3.84. The second-order valence-electron chi connectivity index (χ2n) is 5.13. The molecule has 1 aromatic rings. The molecule has 17 heavy (non-hydrogen) atoms. The van der Waals surface area contributed by atoms with E-state index < -0.39 is 0 Å². The fourth-order valence-corrected chi connectivity index (χ4v) is 2.59.